The number of nitrogens with two attached hydrogens (primary N) is 1. The normalized spacial score (nSPS) is 14.6. The van der Waals surface area contributed by atoms with Crippen molar-refractivity contribution in [3.8, 4) is 11.5 Å². The summed E-state index contributed by atoms with van der Waals surface area (Å²) >= 11 is 0. The zero-order valence-corrected chi connectivity index (χ0v) is 31.5. The van der Waals surface area contributed by atoms with E-state index in [4.69, 9.17) is 38.9 Å². The zero-order chi connectivity index (χ0) is 40.7. The number of benzene rings is 2. The fourth-order valence-electron chi connectivity index (χ4n) is 4.88. The fraction of sp³-hybridized carbons (Fsp3) is 0.417. The summed E-state index contributed by atoms with van der Waals surface area (Å²) in [5.41, 5.74) is 10.0. The first-order valence-corrected chi connectivity index (χ1v) is 17.4. The van der Waals surface area contributed by atoms with Crippen LogP contribution in [0.25, 0.3) is 0 Å². The van der Waals surface area contributed by atoms with Crippen LogP contribution < -0.4 is 31.0 Å². The Hall–Kier alpha value is -6.31. The molecule has 56 heavy (non-hydrogen) atoms. The summed E-state index contributed by atoms with van der Waals surface area (Å²) in [6, 6.07) is 9.45. The van der Waals surface area contributed by atoms with Crippen LogP contribution in [-0.2, 0) is 28.5 Å². The van der Waals surface area contributed by atoms with Gasteiger partial charge in [0.05, 0.1) is 19.8 Å². The smallest absolute Gasteiger partial charge is 0.497 e. The van der Waals surface area contributed by atoms with Gasteiger partial charge in [-0.1, -0.05) is 13.3 Å². The van der Waals surface area contributed by atoms with Crippen LogP contribution in [0.1, 0.15) is 57.7 Å². The van der Waals surface area contributed by atoms with Crippen molar-refractivity contribution < 1.29 is 56.3 Å². The van der Waals surface area contributed by atoms with Gasteiger partial charge in [0.25, 0.3) is 5.79 Å². The van der Waals surface area contributed by atoms with Crippen LogP contribution in [0.3, 0.4) is 0 Å². The number of halogens is 2. The summed E-state index contributed by atoms with van der Waals surface area (Å²) in [6.45, 7) is 4.44. The van der Waals surface area contributed by atoms with E-state index < -0.39 is 55.3 Å². The van der Waals surface area contributed by atoms with Crippen LogP contribution in [0, 0.1) is 5.82 Å². The van der Waals surface area contributed by atoms with Gasteiger partial charge in [-0.3, -0.25) is 4.79 Å². The second-order valence-electron chi connectivity index (χ2n) is 12.1. The summed E-state index contributed by atoms with van der Waals surface area (Å²) in [5.74, 6) is -3.11. The van der Waals surface area contributed by atoms with Crippen molar-refractivity contribution in [1.29, 1.82) is 0 Å². The molecule has 2 atom stereocenters. The average molecular weight is 787 g/mol. The van der Waals surface area contributed by atoms with Gasteiger partial charge in [0.15, 0.2) is 11.6 Å². The third-order valence-electron chi connectivity index (χ3n) is 7.43. The number of nitrogens with one attached hydrogen (secondary N) is 2. The molecule has 4 N–H and O–H groups in total. The third-order valence-corrected chi connectivity index (χ3v) is 7.43. The lowest BCUT2D eigenvalue weighted by Gasteiger charge is -2.28. The maximum absolute atomic E-state index is 16.6. The summed E-state index contributed by atoms with van der Waals surface area (Å²) in [4.78, 5) is 52.6. The number of aromatic nitrogens is 2. The molecule has 1 aliphatic heterocycles. The maximum Gasteiger partial charge on any atom is 0.511 e. The van der Waals surface area contributed by atoms with Gasteiger partial charge >= 0.3 is 24.2 Å². The molecule has 0 radical (unpaired) electrons. The third kappa shape index (κ3) is 12.4. The predicted molar refractivity (Wildman–Crippen MR) is 197 cm³/mol. The summed E-state index contributed by atoms with van der Waals surface area (Å²) in [6.07, 6.45) is 1.31. The lowest BCUT2D eigenvalue weighted by atomic mass is 10.0. The molecule has 0 saturated heterocycles. The van der Waals surface area contributed by atoms with Crippen molar-refractivity contribution in [2.24, 2.45) is 15.7 Å². The number of amides is 1. The molecular formula is C36H44F2N8O10. The van der Waals surface area contributed by atoms with Gasteiger partial charge in [0.1, 0.15) is 44.2 Å². The number of hydrogen-bond donors (Lipinski definition) is 3. The molecule has 1 aromatic heterocycles. The summed E-state index contributed by atoms with van der Waals surface area (Å²) < 4.78 is 66.3. The molecule has 20 heteroatoms. The Morgan fingerprint density at radius 3 is 2.45 bits per heavy atom. The standard InChI is InChI=1S/C36H44F2N8O10/c1-6-7-16-53-34(48)43-30(39)23-9-11-24(12-10-23)42-29(26-20-25(50-5)21-27(28(26)38)52-19-18-51-22(2)47)31-44-33(46(45-31)32-40-14-8-15-41-32)55-36(3,4)56-35(49)54-17-13-37/h8-12,14-15,20-21,29,31,42,45H,6-7,13,16-19H2,1-5H3,(H2,39,43,48)/t29-,31?/m1/s1. The molecular weight excluding hydrogens is 742 g/mol. The van der Waals surface area contributed by atoms with E-state index in [1.807, 2.05) is 6.92 Å². The number of nitrogens with zero attached hydrogens (tertiary/aromatic N) is 5. The highest BCUT2D eigenvalue weighted by atomic mass is 19.1. The molecule has 1 amide bonds. The van der Waals surface area contributed by atoms with Gasteiger partial charge in [-0.2, -0.15) is 15.4 Å². The number of hydrogen-bond acceptors (Lipinski definition) is 16. The number of methoxy groups -OCH3 is 1. The molecule has 1 aliphatic rings. The number of anilines is 2. The number of carbonyl (C=O) groups is 3. The van der Waals surface area contributed by atoms with E-state index in [2.05, 4.69) is 30.7 Å². The van der Waals surface area contributed by atoms with E-state index >= 15 is 4.39 Å². The van der Waals surface area contributed by atoms with Crippen molar-refractivity contribution in [1.82, 2.24) is 15.4 Å². The number of unbranched alkanes of at least 4 members (excludes halogenated alkanes) is 1. The van der Waals surface area contributed by atoms with Crippen molar-refractivity contribution in [3.63, 3.8) is 0 Å². The molecule has 0 spiro atoms. The Kier molecular flexibility index (Phi) is 15.5. The topological polar surface area (TPSA) is 220 Å². The second-order valence-corrected chi connectivity index (χ2v) is 12.1. The number of amidine groups is 2. The monoisotopic (exact) mass is 786 g/mol. The summed E-state index contributed by atoms with van der Waals surface area (Å²) in [7, 11) is 1.39. The fourth-order valence-corrected chi connectivity index (χ4v) is 4.88. The van der Waals surface area contributed by atoms with E-state index in [9.17, 15) is 18.8 Å². The van der Waals surface area contributed by atoms with Crippen LogP contribution in [-0.4, -0.2) is 92.2 Å². The number of alkyl halides is 1. The van der Waals surface area contributed by atoms with Gasteiger partial charge in [0, 0.05) is 56.0 Å². The van der Waals surface area contributed by atoms with Gasteiger partial charge in [-0.05, 0) is 42.8 Å². The van der Waals surface area contributed by atoms with Crippen molar-refractivity contribution in [2.75, 3.05) is 50.5 Å². The van der Waals surface area contributed by atoms with E-state index in [1.165, 1.54) is 57.4 Å². The Bertz CT molecular complexity index is 1850. The Balaban J connectivity index is 1.74. The molecule has 0 aliphatic carbocycles. The number of ether oxygens (including phenoxy) is 7. The highest BCUT2D eigenvalue weighted by Crippen LogP contribution is 2.36. The lowest BCUT2D eigenvalue weighted by Crippen LogP contribution is -2.48. The SMILES string of the molecule is CCCCOC(=O)N=C(N)c1ccc(N[C@H](c2cc(OC)cc(OCCOC(C)=O)c2F)C2N=C(OC(C)(C)OC(=O)OCCF)N(c3ncccn3)N2)cc1. The van der Waals surface area contributed by atoms with Crippen LogP contribution in [0.2, 0.25) is 0 Å². The van der Waals surface area contributed by atoms with Crippen molar-refractivity contribution >= 4 is 41.7 Å². The predicted octanol–water partition coefficient (Wildman–Crippen LogP) is 4.94. The summed E-state index contributed by atoms with van der Waals surface area (Å²) in [5, 5.41) is 4.52. The molecule has 2 heterocycles. The van der Waals surface area contributed by atoms with Crippen LogP contribution in [0.15, 0.2) is 64.8 Å². The Morgan fingerprint density at radius 2 is 1.79 bits per heavy atom. The van der Waals surface area contributed by atoms with Crippen LogP contribution in [0.5, 0.6) is 11.5 Å². The minimum absolute atomic E-state index is 0.00597. The largest absolute Gasteiger partial charge is 0.511 e. The molecule has 1 unspecified atom stereocenters. The minimum atomic E-state index is -1.73. The van der Waals surface area contributed by atoms with Gasteiger partial charge in [-0.25, -0.2) is 33.3 Å². The molecule has 18 nitrogen and oxygen atoms in total. The molecule has 302 valence electrons. The van der Waals surface area contributed by atoms with E-state index in [0.717, 1.165) is 6.42 Å². The number of carbonyl (C=O) groups excluding carboxylic acids is 3. The van der Waals surface area contributed by atoms with Gasteiger partial charge in [-0.15, -0.1) is 0 Å². The highest BCUT2D eigenvalue weighted by molar-refractivity contribution is 6.03. The van der Waals surface area contributed by atoms with Gasteiger partial charge in [0.2, 0.25) is 5.95 Å². The lowest BCUT2D eigenvalue weighted by molar-refractivity contribution is -0.142. The number of hydrazine groups is 1. The van der Waals surface area contributed by atoms with Crippen molar-refractivity contribution in [2.45, 2.75) is 58.5 Å². The quantitative estimate of drug-likeness (QED) is 0.0388. The van der Waals surface area contributed by atoms with E-state index in [0.29, 0.717) is 17.7 Å². The molecule has 0 bridgehead atoms. The second kappa shape index (κ2) is 20.4. The van der Waals surface area contributed by atoms with E-state index in [-0.39, 0.29) is 54.7 Å². The first-order chi connectivity index (χ1) is 26.8. The zero-order valence-electron chi connectivity index (χ0n) is 31.5. The van der Waals surface area contributed by atoms with Crippen LogP contribution >= 0.6 is 0 Å². The van der Waals surface area contributed by atoms with Crippen molar-refractivity contribution in [3.05, 3.63) is 71.8 Å². The van der Waals surface area contributed by atoms with Crippen LogP contribution in [0.4, 0.5) is 30.0 Å². The molecule has 0 saturated carbocycles. The first kappa shape index (κ1) is 42.4. The molecule has 3 aromatic rings. The molecule has 0 fully saturated rings. The number of rotatable bonds is 18. The molecule has 4 rings (SSSR count). The Labute approximate surface area is 321 Å². The van der Waals surface area contributed by atoms with E-state index in [1.54, 1.807) is 30.3 Å². The number of esters is 1. The average Bonchev–Trinajstić information content (AvgIpc) is 3.58. The van der Waals surface area contributed by atoms with Gasteiger partial charge < -0.3 is 44.2 Å². The number of aliphatic imine (C=N–C) groups is 2. The minimum Gasteiger partial charge on any atom is -0.497 e. The molecule has 2 aromatic carbocycles. The highest BCUT2D eigenvalue weighted by Gasteiger charge is 2.40. The maximum atomic E-state index is 16.6. The first-order valence-electron chi connectivity index (χ1n) is 17.4. The Morgan fingerprint density at radius 1 is 1.05 bits per heavy atom.